The summed E-state index contributed by atoms with van der Waals surface area (Å²) in [5.41, 5.74) is 1.39. The van der Waals surface area contributed by atoms with Crippen LogP contribution in [0.4, 0.5) is 0 Å². The zero-order chi connectivity index (χ0) is 16.9. The molecule has 1 saturated heterocycles. The van der Waals surface area contributed by atoms with Gasteiger partial charge in [-0.25, -0.2) is 4.68 Å². The minimum absolute atomic E-state index is 0.00993. The van der Waals surface area contributed by atoms with E-state index in [0.29, 0.717) is 11.7 Å². The largest absolute Gasteiger partial charge is 0.338 e. The number of hydrogen-bond donors (Lipinski definition) is 0. The molecule has 1 aliphatic rings. The van der Waals surface area contributed by atoms with Crippen molar-refractivity contribution in [3.05, 3.63) is 52.8 Å². The monoisotopic (exact) mass is 325 g/mol. The fourth-order valence-corrected chi connectivity index (χ4v) is 3.30. The lowest BCUT2D eigenvalue weighted by molar-refractivity contribution is -0.135. The number of amides is 1. The van der Waals surface area contributed by atoms with Crippen LogP contribution in [0.5, 0.6) is 0 Å². The second-order valence-electron chi connectivity index (χ2n) is 6.23. The van der Waals surface area contributed by atoms with Crippen LogP contribution in [0, 0.1) is 0 Å². The van der Waals surface area contributed by atoms with Crippen molar-refractivity contribution in [1.29, 1.82) is 0 Å². The van der Waals surface area contributed by atoms with Gasteiger partial charge in [0, 0.05) is 24.2 Å². The van der Waals surface area contributed by atoms with Gasteiger partial charge >= 0.3 is 0 Å². The van der Waals surface area contributed by atoms with E-state index < -0.39 is 0 Å². The third-order valence-corrected chi connectivity index (χ3v) is 4.64. The van der Waals surface area contributed by atoms with Gasteiger partial charge in [0.15, 0.2) is 0 Å². The summed E-state index contributed by atoms with van der Waals surface area (Å²) in [5, 5.41) is 4.38. The number of piperidine rings is 1. The Kier molecular flexibility index (Phi) is 5.08. The van der Waals surface area contributed by atoms with E-state index >= 15 is 0 Å². The molecule has 126 valence electrons. The van der Waals surface area contributed by atoms with Gasteiger partial charge in [-0.05, 0) is 31.7 Å². The molecular formula is C19H23N3O2. The average Bonchev–Trinajstić information content (AvgIpc) is 2.64. The van der Waals surface area contributed by atoms with Crippen molar-refractivity contribution in [2.24, 2.45) is 0 Å². The second kappa shape index (κ2) is 7.43. The van der Waals surface area contributed by atoms with Crippen molar-refractivity contribution in [2.45, 2.75) is 45.2 Å². The lowest BCUT2D eigenvalue weighted by Crippen LogP contribution is -2.46. The Morgan fingerprint density at radius 3 is 2.71 bits per heavy atom. The number of carbonyl (C=O) groups excluding carboxylic acids is 1. The molecule has 0 unspecified atom stereocenters. The van der Waals surface area contributed by atoms with Crippen molar-refractivity contribution >= 4 is 5.91 Å². The van der Waals surface area contributed by atoms with E-state index in [9.17, 15) is 9.59 Å². The summed E-state index contributed by atoms with van der Waals surface area (Å²) >= 11 is 0. The fourth-order valence-electron chi connectivity index (χ4n) is 3.30. The first kappa shape index (κ1) is 16.4. The van der Waals surface area contributed by atoms with E-state index in [1.54, 1.807) is 6.07 Å². The van der Waals surface area contributed by atoms with Crippen molar-refractivity contribution < 1.29 is 4.79 Å². The highest BCUT2D eigenvalue weighted by Crippen LogP contribution is 2.20. The molecule has 1 atom stereocenters. The Balaban J connectivity index is 1.82. The lowest BCUT2D eigenvalue weighted by Gasteiger charge is -2.35. The number of rotatable bonds is 4. The lowest BCUT2D eigenvalue weighted by atomic mass is 10.00. The van der Waals surface area contributed by atoms with Crippen LogP contribution >= 0.6 is 0 Å². The van der Waals surface area contributed by atoms with Crippen LogP contribution in [0.3, 0.4) is 0 Å². The maximum Gasteiger partial charge on any atom is 0.267 e. The normalized spacial score (nSPS) is 17.7. The molecule has 1 amide bonds. The molecule has 0 radical (unpaired) electrons. The summed E-state index contributed by atoms with van der Waals surface area (Å²) in [5.74, 6) is -0.0126. The maximum atomic E-state index is 12.7. The van der Waals surface area contributed by atoms with Crippen LogP contribution in [0.15, 0.2) is 47.3 Å². The van der Waals surface area contributed by atoms with Crippen molar-refractivity contribution in [3.63, 3.8) is 0 Å². The third kappa shape index (κ3) is 3.55. The van der Waals surface area contributed by atoms with Crippen LogP contribution < -0.4 is 5.56 Å². The van der Waals surface area contributed by atoms with Gasteiger partial charge < -0.3 is 4.90 Å². The van der Waals surface area contributed by atoms with Crippen LogP contribution in [-0.4, -0.2) is 33.2 Å². The van der Waals surface area contributed by atoms with Crippen LogP contribution in [0.1, 0.15) is 32.6 Å². The summed E-state index contributed by atoms with van der Waals surface area (Å²) in [6.07, 6.45) is 4.21. The Hall–Kier alpha value is -2.43. The second-order valence-corrected chi connectivity index (χ2v) is 6.23. The van der Waals surface area contributed by atoms with E-state index in [0.717, 1.165) is 31.4 Å². The summed E-state index contributed by atoms with van der Waals surface area (Å²) in [4.78, 5) is 26.7. The van der Waals surface area contributed by atoms with E-state index in [2.05, 4.69) is 12.0 Å². The third-order valence-electron chi connectivity index (χ3n) is 4.64. The fraction of sp³-hybridized carbons (Fsp3) is 0.421. The highest BCUT2D eigenvalue weighted by Gasteiger charge is 2.25. The standard InChI is InChI=1S/C19H23N3O2/c1-2-16-10-6-7-13-21(16)19(24)14-22-18(23)12-11-17(20-22)15-8-4-3-5-9-15/h3-5,8-9,11-12,16H,2,6-7,10,13-14H2,1H3/t16-/m1/s1. The Labute approximate surface area is 141 Å². The van der Waals surface area contributed by atoms with Crippen molar-refractivity contribution in [3.8, 4) is 11.3 Å². The van der Waals surface area contributed by atoms with E-state index in [1.165, 1.54) is 17.2 Å². The summed E-state index contributed by atoms with van der Waals surface area (Å²) < 4.78 is 1.28. The molecule has 5 heteroatoms. The first-order valence-electron chi connectivity index (χ1n) is 8.62. The molecule has 2 heterocycles. The molecule has 24 heavy (non-hydrogen) atoms. The molecule has 0 aliphatic carbocycles. The number of likely N-dealkylation sites (tertiary alicyclic amines) is 1. The van der Waals surface area contributed by atoms with Crippen LogP contribution in [0.25, 0.3) is 11.3 Å². The number of hydrogen-bond acceptors (Lipinski definition) is 3. The molecule has 0 saturated carbocycles. The molecule has 0 N–H and O–H groups in total. The first-order valence-corrected chi connectivity index (χ1v) is 8.62. The highest BCUT2D eigenvalue weighted by molar-refractivity contribution is 5.76. The van der Waals surface area contributed by atoms with Gasteiger partial charge in [0.1, 0.15) is 6.54 Å². The molecule has 0 bridgehead atoms. The number of aromatic nitrogens is 2. The zero-order valence-electron chi connectivity index (χ0n) is 14.0. The highest BCUT2D eigenvalue weighted by atomic mass is 16.2. The van der Waals surface area contributed by atoms with Crippen molar-refractivity contribution in [2.75, 3.05) is 6.54 Å². The van der Waals surface area contributed by atoms with Gasteiger partial charge in [-0.15, -0.1) is 0 Å². The Bertz CT molecular complexity index is 755. The Morgan fingerprint density at radius 2 is 1.96 bits per heavy atom. The minimum Gasteiger partial charge on any atom is -0.338 e. The van der Waals surface area contributed by atoms with E-state index in [-0.39, 0.29) is 18.0 Å². The maximum absolute atomic E-state index is 12.7. The van der Waals surface area contributed by atoms with Crippen molar-refractivity contribution in [1.82, 2.24) is 14.7 Å². The molecule has 1 aliphatic heterocycles. The molecular weight excluding hydrogens is 302 g/mol. The molecule has 1 aromatic carbocycles. The summed E-state index contributed by atoms with van der Waals surface area (Å²) in [6, 6.07) is 13.1. The summed E-state index contributed by atoms with van der Waals surface area (Å²) in [7, 11) is 0. The number of benzene rings is 1. The van der Waals surface area contributed by atoms with Gasteiger partial charge in [0.25, 0.3) is 5.56 Å². The molecule has 2 aromatic rings. The van der Waals surface area contributed by atoms with E-state index in [4.69, 9.17) is 0 Å². The average molecular weight is 325 g/mol. The van der Waals surface area contributed by atoms with Crippen LogP contribution in [-0.2, 0) is 11.3 Å². The molecule has 3 rings (SSSR count). The Morgan fingerprint density at radius 1 is 1.17 bits per heavy atom. The predicted octanol–water partition coefficient (Wildman–Crippen LogP) is 2.70. The molecule has 0 spiro atoms. The van der Waals surface area contributed by atoms with Gasteiger partial charge in [0.05, 0.1) is 5.69 Å². The summed E-state index contributed by atoms with van der Waals surface area (Å²) in [6.45, 7) is 2.90. The predicted molar refractivity (Wildman–Crippen MR) is 93.6 cm³/mol. The first-order chi connectivity index (χ1) is 11.7. The number of nitrogens with zero attached hydrogens (tertiary/aromatic N) is 3. The van der Waals surface area contributed by atoms with Crippen LogP contribution in [0.2, 0.25) is 0 Å². The smallest absolute Gasteiger partial charge is 0.267 e. The SMILES string of the molecule is CC[C@@H]1CCCCN1C(=O)Cn1nc(-c2ccccc2)ccc1=O. The van der Waals surface area contributed by atoms with Gasteiger partial charge in [-0.3, -0.25) is 9.59 Å². The zero-order valence-corrected chi connectivity index (χ0v) is 14.0. The quantitative estimate of drug-likeness (QED) is 0.868. The molecule has 5 nitrogen and oxygen atoms in total. The van der Waals surface area contributed by atoms with E-state index in [1.807, 2.05) is 35.2 Å². The molecule has 1 aromatic heterocycles. The van der Waals surface area contributed by atoms with Gasteiger partial charge in [-0.1, -0.05) is 37.3 Å². The number of carbonyl (C=O) groups is 1. The minimum atomic E-state index is -0.243. The van der Waals surface area contributed by atoms with Gasteiger partial charge in [-0.2, -0.15) is 5.10 Å². The van der Waals surface area contributed by atoms with Gasteiger partial charge in [0.2, 0.25) is 5.91 Å². The topological polar surface area (TPSA) is 55.2 Å². The molecule has 1 fully saturated rings.